The summed E-state index contributed by atoms with van der Waals surface area (Å²) in [6, 6.07) is 3.25. The van der Waals surface area contributed by atoms with Gasteiger partial charge in [0.15, 0.2) is 5.03 Å². The Labute approximate surface area is 102 Å². The van der Waals surface area contributed by atoms with Gasteiger partial charge >= 0.3 is 0 Å². The topological polar surface area (TPSA) is 94.3 Å². The van der Waals surface area contributed by atoms with E-state index in [-0.39, 0.29) is 16.7 Å². The molecule has 7 heteroatoms. The maximum atomic E-state index is 11.8. The van der Waals surface area contributed by atoms with E-state index in [9.17, 15) is 9.00 Å². The SMILES string of the molecule is COCCNC(=O)CS(=O)c1ncccc1N. The molecule has 0 aliphatic rings. The zero-order valence-corrected chi connectivity index (χ0v) is 10.3. The van der Waals surface area contributed by atoms with E-state index in [1.807, 2.05) is 0 Å². The van der Waals surface area contributed by atoms with Crippen LogP contribution in [0.4, 0.5) is 5.69 Å². The number of carbonyl (C=O) groups excluding carboxylic acids is 1. The smallest absolute Gasteiger partial charge is 0.233 e. The van der Waals surface area contributed by atoms with E-state index < -0.39 is 10.8 Å². The number of nitrogen functional groups attached to an aromatic ring is 1. The zero-order valence-electron chi connectivity index (χ0n) is 9.51. The van der Waals surface area contributed by atoms with E-state index in [1.165, 1.54) is 6.20 Å². The number of aromatic nitrogens is 1. The van der Waals surface area contributed by atoms with E-state index in [2.05, 4.69) is 10.3 Å². The van der Waals surface area contributed by atoms with Gasteiger partial charge in [-0.2, -0.15) is 0 Å². The van der Waals surface area contributed by atoms with Crippen LogP contribution in [0, 0.1) is 0 Å². The first kappa shape index (κ1) is 13.6. The Kier molecular flexibility index (Phi) is 5.58. The van der Waals surface area contributed by atoms with Gasteiger partial charge in [-0.25, -0.2) is 4.98 Å². The predicted octanol–water partition coefficient (Wildman–Crippen LogP) is -0.466. The van der Waals surface area contributed by atoms with Crippen molar-refractivity contribution < 1.29 is 13.7 Å². The minimum absolute atomic E-state index is 0.148. The molecular formula is C10H15N3O3S. The summed E-state index contributed by atoms with van der Waals surface area (Å²) in [7, 11) is 0.0211. The quantitative estimate of drug-likeness (QED) is 0.672. The van der Waals surface area contributed by atoms with Gasteiger partial charge < -0.3 is 15.8 Å². The van der Waals surface area contributed by atoms with E-state index >= 15 is 0 Å². The highest BCUT2D eigenvalue weighted by Gasteiger charge is 2.13. The van der Waals surface area contributed by atoms with Crippen LogP contribution in [-0.4, -0.2) is 41.1 Å². The Morgan fingerprint density at radius 1 is 1.65 bits per heavy atom. The molecule has 0 saturated heterocycles. The number of amides is 1. The molecule has 1 unspecified atom stereocenters. The second-order valence-corrected chi connectivity index (χ2v) is 4.60. The summed E-state index contributed by atoms with van der Waals surface area (Å²) in [5, 5.41) is 2.82. The van der Waals surface area contributed by atoms with Gasteiger partial charge in [-0.15, -0.1) is 0 Å². The van der Waals surface area contributed by atoms with E-state index in [0.29, 0.717) is 18.8 Å². The summed E-state index contributed by atoms with van der Waals surface area (Å²) >= 11 is 0. The largest absolute Gasteiger partial charge is 0.396 e. The third kappa shape index (κ3) is 4.49. The second-order valence-electron chi connectivity index (χ2n) is 3.23. The lowest BCUT2D eigenvalue weighted by atomic mass is 10.4. The number of nitrogens with two attached hydrogens (primary N) is 1. The van der Waals surface area contributed by atoms with Crippen molar-refractivity contribution in [3.63, 3.8) is 0 Å². The molecule has 0 aliphatic carbocycles. The molecule has 0 radical (unpaired) electrons. The van der Waals surface area contributed by atoms with Crippen molar-refractivity contribution in [2.75, 3.05) is 31.7 Å². The molecule has 1 amide bonds. The number of hydrogen-bond donors (Lipinski definition) is 2. The van der Waals surface area contributed by atoms with Crippen LogP contribution in [0.3, 0.4) is 0 Å². The first-order valence-electron chi connectivity index (χ1n) is 4.99. The number of rotatable bonds is 6. The number of carbonyl (C=O) groups is 1. The van der Waals surface area contributed by atoms with Gasteiger partial charge in [0.2, 0.25) is 5.91 Å². The fourth-order valence-corrected chi connectivity index (χ4v) is 2.11. The van der Waals surface area contributed by atoms with Crippen LogP contribution in [0.2, 0.25) is 0 Å². The standard InChI is InChI=1S/C10H15N3O3S/c1-16-6-5-12-9(14)7-17(15)10-8(11)3-2-4-13-10/h2-4H,5-7,11H2,1H3,(H,12,14). The van der Waals surface area contributed by atoms with E-state index in [4.69, 9.17) is 10.5 Å². The molecule has 0 aliphatic heterocycles. The molecule has 1 heterocycles. The highest BCUT2D eigenvalue weighted by atomic mass is 32.2. The van der Waals surface area contributed by atoms with Gasteiger partial charge in [0.25, 0.3) is 0 Å². The number of anilines is 1. The van der Waals surface area contributed by atoms with Crippen molar-refractivity contribution in [3.05, 3.63) is 18.3 Å². The van der Waals surface area contributed by atoms with Crippen molar-refractivity contribution in [3.8, 4) is 0 Å². The zero-order chi connectivity index (χ0) is 12.7. The summed E-state index contributed by atoms with van der Waals surface area (Å²) in [5.41, 5.74) is 5.94. The number of pyridine rings is 1. The molecule has 0 aromatic carbocycles. The number of hydrogen-bond acceptors (Lipinski definition) is 5. The lowest BCUT2D eigenvalue weighted by Crippen LogP contribution is -2.31. The maximum absolute atomic E-state index is 11.8. The summed E-state index contributed by atoms with van der Waals surface area (Å²) < 4.78 is 16.6. The monoisotopic (exact) mass is 257 g/mol. The average Bonchev–Trinajstić information content (AvgIpc) is 2.29. The minimum atomic E-state index is -1.52. The molecule has 94 valence electrons. The second kappa shape index (κ2) is 6.97. The Bertz CT molecular complexity index is 412. The summed E-state index contributed by atoms with van der Waals surface area (Å²) in [5.74, 6) is -0.462. The average molecular weight is 257 g/mol. The van der Waals surface area contributed by atoms with Gasteiger partial charge in [-0.3, -0.25) is 9.00 Å². The highest BCUT2D eigenvalue weighted by Crippen LogP contribution is 2.11. The van der Waals surface area contributed by atoms with E-state index in [1.54, 1.807) is 19.2 Å². The van der Waals surface area contributed by atoms with Crippen molar-refractivity contribution in [1.29, 1.82) is 0 Å². The van der Waals surface area contributed by atoms with Crippen molar-refractivity contribution in [1.82, 2.24) is 10.3 Å². The maximum Gasteiger partial charge on any atom is 0.233 e. The molecule has 0 saturated carbocycles. The highest BCUT2D eigenvalue weighted by molar-refractivity contribution is 7.85. The Morgan fingerprint density at radius 3 is 3.06 bits per heavy atom. The number of nitrogens with one attached hydrogen (secondary N) is 1. The van der Waals surface area contributed by atoms with Crippen LogP contribution in [0.25, 0.3) is 0 Å². The van der Waals surface area contributed by atoms with Crippen LogP contribution in [-0.2, 0) is 20.3 Å². The molecule has 1 atom stereocenters. The van der Waals surface area contributed by atoms with Crippen molar-refractivity contribution in [2.24, 2.45) is 0 Å². The number of methoxy groups -OCH3 is 1. The molecule has 0 bridgehead atoms. The molecule has 17 heavy (non-hydrogen) atoms. The molecule has 6 nitrogen and oxygen atoms in total. The lowest BCUT2D eigenvalue weighted by Gasteiger charge is -2.05. The molecule has 1 aromatic heterocycles. The molecule has 1 rings (SSSR count). The van der Waals surface area contributed by atoms with Gasteiger partial charge in [0.05, 0.1) is 23.1 Å². The van der Waals surface area contributed by atoms with Crippen LogP contribution in [0.5, 0.6) is 0 Å². The van der Waals surface area contributed by atoms with E-state index in [0.717, 1.165) is 0 Å². The predicted molar refractivity (Wildman–Crippen MR) is 64.8 cm³/mol. The molecule has 3 N–H and O–H groups in total. The van der Waals surface area contributed by atoms with Gasteiger partial charge in [-0.1, -0.05) is 0 Å². The molecule has 0 fully saturated rings. The lowest BCUT2D eigenvalue weighted by molar-refractivity contribution is -0.118. The summed E-state index contributed by atoms with van der Waals surface area (Å²) in [6.45, 7) is 0.814. The Hall–Kier alpha value is -1.47. The van der Waals surface area contributed by atoms with Gasteiger partial charge in [0.1, 0.15) is 5.75 Å². The summed E-state index contributed by atoms with van der Waals surface area (Å²) in [4.78, 5) is 15.3. The Balaban J connectivity index is 2.49. The Morgan fingerprint density at radius 2 is 2.41 bits per heavy atom. The van der Waals surface area contributed by atoms with Crippen LogP contribution in [0.15, 0.2) is 23.4 Å². The third-order valence-electron chi connectivity index (χ3n) is 1.91. The van der Waals surface area contributed by atoms with Crippen LogP contribution in [0.1, 0.15) is 0 Å². The van der Waals surface area contributed by atoms with Crippen molar-refractivity contribution >= 4 is 22.4 Å². The van der Waals surface area contributed by atoms with Gasteiger partial charge in [0, 0.05) is 19.9 Å². The fourth-order valence-electron chi connectivity index (χ4n) is 1.12. The first-order valence-corrected chi connectivity index (χ1v) is 6.31. The molecular weight excluding hydrogens is 242 g/mol. The van der Waals surface area contributed by atoms with Crippen LogP contribution >= 0.6 is 0 Å². The van der Waals surface area contributed by atoms with Crippen molar-refractivity contribution in [2.45, 2.75) is 5.03 Å². The minimum Gasteiger partial charge on any atom is -0.396 e. The molecule has 1 aromatic rings. The third-order valence-corrected chi connectivity index (χ3v) is 3.20. The first-order chi connectivity index (χ1) is 8.15. The van der Waals surface area contributed by atoms with Crippen LogP contribution < -0.4 is 11.1 Å². The normalized spacial score (nSPS) is 12.1. The van der Waals surface area contributed by atoms with Gasteiger partial charge in [-0.05, 0) is 12.1 Å². The molecule has 0 spiro atoms. The fraction of sp³-hybridized carbons (Fsp3) is 0.400. The summed E-state index contributed by atoms with van der Waals surface area (Å²) in [6.07, 6.45) is 1.49. The number of ether oxygens (including phenoxy) is 1. The number of nitrogens with zero attached hydrogens (tertiary/aromatic N) is 1.